The summed E-state index contributed by atoms with van der Waals surface area (Å²) < 4.78 is 2.95. The number of halogens is 3. The highest BCUT2D eigenvalue weighted by atomic mass is 79.9. The molecule has 0 fully saturated rings. The third-order valence-corrected chi connectivity index (χ3v) is 4.77. The number of benzene rings is 1. The first-order chi connectivity index (χ1) is 9.73. The number of aromatic nitrogens is 1. The van der Waals surface area contributed by atoms with Crippen LogP contribution in [0.25, 0.3) is 5.69 Å². The second kappa shape index (κ2) is 6.15. The predicted octanol–water partition coefficient (Wildman–Crippen LogP) is 5.63. The van der Waals surface area contributed by atoms with E-state index in [1.54, 1.807) is 6.92 Å². The third kappa shape index (κ3) is 3.05. The van der Waals surface area contributed by atoms with E-state index in [2.05, 4.69) is 15.9 Å². The normalized spacial score (nSPS) is 12.5. The van der Waals surface area contributed by atoms with Gasteiger partial charge in [-0.1, -0.05) is 11.6 Å². The zero-order valence-corrected chi connectivity index (χ0v) is 15.4. The van der Waals surface area contributed by atoms with Crippen molar-refractivity contribution in [3.8, 4) is 5.69 Å². The molecule has 2 nitrogen and oxygen atoms in total. The van der Waals surface area contributed by atoms with E-state index in [0.29, 0.717) is 10.6 Å². The zero-order valence-electron chi connectivity index (χ0n) is 12.3. The maximum atomic E-state index is 12.2. The molecule has 2 aromatic rings. The van der Waals surface area contributed by atoms with Crippen molar-refractivity contribution in [2.24, 2.45) is 0 Å². The van der Waals surface area contributed by atoms with E-state index < -0.39 is 5.38 Å². The summed E-state index contributed by atoms with van der Waals surface area (Å²) >= 11 is 15.7. The number of aryl methyl sites for hydroxylation is 2. The number of carbonyl (C=O) groups is 1. The lowest BCUT2D eigenvalue weighted by Crippen LogP contribution is -2.11. The van der Waals surface area contributed by atoms with Crippen LogP contribution in [0.1, 0.15) is 34.2 Å². The van der Waals surface area contributed by atoms with Crippen LogP contribution in [-0.2, 0) is 0 Å². The van der Waals surface area contributed by atoms with Gasteiger partial charge in [0.15, 0.2) is 5.78 Å². The maximum absolute atomic E-state index is 12.2. The Hall–Kier alpha value is -0.770. The quantitative estimate of drug-likeness (QED) is 0.493. The Morgan fingerprint density at radius 2 is 1.86 bits per heavy atom. The number of alkyl halides is 1. The summed E-state index contributed by atoms with van der Waals surface area (Å²) in [5, 5.41) is 0.156. The van der Waals surface area contributed by atoms with Gasteiger partial charge in [0, 0.05) is 26.4 Å². The Kier molecular flexibility index (Phi) is 4.86. The van der Waals surface area contributed by atoms with Crippen LogP contribution in [0, 0.1) is 20.8 Å². The molecule has 0 amide bonds. The highest BCUT2D eigenvalue weighted by Crippen LogP contribution is 2.31. The van der Waals surface area contributed by atoms with Crippen LogP contribution in [0.15, 0.2) is 22.7 Å². The maximum Gasteiger partial charge on any atom is 0.182 e. The third-order valence-electron chi connectivity index (χ3n) is 3.53. The molecule has 0 aliphatic rings. The first kappa shape index (κ1) is 16.6. The van der Waals surface area contributed by atoms with E-state index >= 15 is 0 Å². The van der Waals surface area contributed by atoms with Gasteiger partial charge in [0.25, 0.3) is 0 Å². The van der Waals surface area contributed by atoms with Crippen LogP contribution in [0.3, 0.4) is 0 Å². The average molecular weight is 389 g/mol. The molecule has 0 saturated carbocycles. The van der Waals surface area contributed by atoms with E-state index in [4.69, 9.17) is 23.2 Å². The molecule has 1 atom stereocenters. The summed E-state index contributed by atoms with van der Waals surface area (Å²) in [7, 11) is 0. The van der Waals surface area contributed by atoms with Gasteiger partial charge >= 0.3 is 0 Å². The van der Waals surface area contributed by atoms with Crippen LogP contribution in [0.2, 0.25) is 5.02 Å². The first-order valence-electron chi connectivity index (χ1n) is 6.57. The molecule has 0 aliphatic carbocycles. The van der Waals surface area contributed by atoms with E-state index in [1.807, 2.05) is 43.5 Å². The first-order valence-corrected chi connectivity index (χ1v) is 8.18. The topological polar surface area (TPSA) is 22.0 Å². The number of rotatable bonds is 3. The van der Waals surface area contributed by atoms with Gasteiger partial charge in [0.1, 0.15) is 0 Å². The van der Waals surface area contributed by atoms with Crippen molar-refractivity contribution >= 4 is 44.9 Å². The summed E-state index contributed by atoms with van der Waals surface area (Å²) in [6.45, 7) is 7.52. The summed E-state index contributed by atoms with van der Waals surface area (Å²) in [5.41, 5.74) is 4.40. The van der Waals surface area contributed by atoms with Gasteiger partial charge in [-0.15, -0.1) is 11.6 Å². The van der Waals surface area contributed by atoms with E-state index in [9.17, 15) is 4.79 Å². The van der Waals surface area contributed by atoms with E-state index in [-0.39, 0.29) is 5.78 Å². The fourth-order valence-electron chi connectivity index (χ4n) is 2.40. The van der Waals surface area contributed by atoms with Gasteiger partial charge in [-0.25, -0.2) is 0 Å². The summed E-state index contributed by atoms with van der Waals surface area (Å²) in [5.74, 6) is -0.0645. The Labute approximate surface area is 143 Å². The molecule has 0 radical (unpaired) electrons. The van der Waals surface area contributed by atoms with Crippen LogP contribution >= 0.6 is 39.1 Å². The molecule has 112 valence electrons. The molecule has 0 N–H and O–H groups in total. The van der Waals surface area contributed by atoms with Crippen LogP contribution in [0.4, 0.5) is 0 Å². The van der Waals surface area contributed by atoms with Crippen molar-refractivity contribution in [3.05, 3.63) is 50.2 Å². The standard InChI is InChI=1S/C16H16BrCl2NO/c1-8-5-13(17)15(7-14(8)19)20-9(2)6-12(11(20)4)16(21)10(3)18/h5-7,10H,1-4H3. The minimum atomic E-state index is -0.538. The van der Waals surface area contributed by atoms with Crippen molar-refractivity contribution in [1.82, 2.24) is 4.57 Å². The van der Waals surface area contributed by atoms with Crippen LogP contribution in [0.5, 0.6) is 0 Å². The van der Waals surface area contributed by atoms with Crippen molar-refractivity contribution in [2.75, 3.05) is 0 Å². The number of hydrogen-bond donors (Lipinski definition) is 0. The van der Waals surface area contributed by atoms with Crippen molar-refractivity contribution in [3.63, 3.8) is 0 Å². The fourth-order valence-corrected chi connectivity index (χ4v) is 3.31. The second-order valence-corrected chi connectivity index (χ2v) is 7.07. The monoisotopic (exact) mass is 387 g/mol. The molecule has 0 spiro atoms. The number of hydrogen-bond acceptors (Lipinski definition) is 1. The molecule has 1 heterocycles. The number of carbonyl (C=O) groups excluding carboxylic acids is 1. The Morgan fingerprint density at radius 1 is 1.24 bits per heavy atom. The molecule has 21 heavy (non-hydrogen) atoms. The highest BCUT2D eigenvalue weighted by molar-refractivity contribution is 9.10. The van der Waals surface area contributed by atoms with Crippen LogP contribution < -0.4 is 0 Å². The molecular formula is C16H16BrCl2NO. The Morgan fingerprint density at radius 3 is 2.43 bits per heavy atom. The minimum absolute atomic E-state index is 0.0645. The van der Waals surface area contributed by atoms with Gasteiger partial charge in [-0.2, -0.15) is 0 Å². The lowest BCUT2D eigenvalue weighted by Gasteiger charge is -2.14. The van der Waals surface area contributed by atoms with E-state index in [1.165, 1.54) is 0 Å². The van der Waals surface area contributed by atoms with Gasteiger partial charge < -0.3 is 4.57 Å². The molecule has 0 saturated heterocycles. The zero-order chi connectivity index (χ0) is 15.9. The smallest absolute Gasteiger partial charge is 0.182 e. The van der Waals surface area contributed by atoms with Gasteiger partial charge in [-0.3, -0.25) is 4.79 Å². The molecule has 5 heteroatoms. The Bertz CT molecular complexity index is 720. The van der Waals surface area contributed by atoms with Crippen molar-refractivity contribution in [2.45, 2.75) is 33.1 Å². The number of Topliss-reactive ketones (excluding diaryl/α,β-unsaturated/α-hetero) is 1. The van der Waals surface area contributed by atoms with Crippen LogP contribution in [-0.4, -0.2) is 15.7 Å². The largest absolute Gasteiger partial charge is 0.317 e. The van der Waals surface area contributed by atoms with Crippen molar-refractivity contribution in [1.29, 1.82) is 0 Å². The second-order valence-electron chi connectivity index (χ2n) is 5.15. The molecular weight excluding hydrogens is 373 g/mol. The van der Waals surface area contributed by atoms with Gasteiger partial charge in [0.05, 0.1) is 11.1 Å². The molecule has 2 rings (SSSR count). The molecule has 1 aromatic heterocycles. The number of ketones is 1. The van der Waals surface area contributed by atoms with Gasteiger partial charge in [-0.05, 0) is 67.4 Å². The predicted molar refractivity (Wildman–Crippen MR) is 92.3 cm³/mol. The van der Waals surface area contributed by atoms with Gasteiger partial charge in [0.2, 0.25) is 0 Å². The lowest BCUT2D eigenvalue weighted by atomic mass is 10.1. The average Bonchev–Trinajstić information content (AvgIpc) is 2.68. The lowest BCUT2D eigenvalue weighted by molar-refractivity contribution is 0.0991. The summed E-state index contributed by atoms with van der Waals surface area (Å²) in [6.07, 6.45) is 0. The molecule has 0 bridgehead atoms. The highest BCUT2D eigenvalue weighted by Gasteiger charge is 2.21. The minimum Gasteiger partial charge on any atom is -0.317 e. The summed E-state index contributed by atoms with van der Waals surface area (Å²) in [6, 6.07) is 5.75. The molecule has 1 unspecified atom stereocenters. The molecule has 1 aromatic carbocycles. The number of nitrogens with zero attached hydrogens (tertiary/aromatic N) is 1. The SMILES string of the molecule is Cc1cc(Br)c(-n2c(C)cc(C(=O)C(C)Cl)c2C)cc1Cl. The summed E-state index contributed by atoms with van der Waals surface area (Å²) in [4.78, 5) is 12.2. The fraction of sp³-hybridized carbons (Fsp3) is 0.312. The molecule has 0 aliphatic heterocycles. The Balaban J connectivity index is 2.66. The van der Waals surface area contributed by atoms with E-state index in [0.717, 1.165) is 27.1 Å². The van der Waals surface area contributed by atoms with Crippen molar-refractivity contribution < 1.29 is 4.79 Å².